The summed E-state index contributed by atoms with van der Waals surface area (Å²) in [4.78, 5) is 2.37. The van der Waals surface area contributed by atoms with Crippen LogP contribution in [0.4, 0.5) is 0 Å². The average molecular weight is 258 g/mol. The molecule has 0 bridgehead atoms. The highest BCUT2D eigenvalue weighted by molar-refractivity contribution is 4.82. The second-order valence-corrected chi connectivity index (χ2v) is 5.76. The van der Waals surface area contributed by atoms with Gasteiger partial charge in [0.25, 0.3) is 0 Å². The maximum Gasteiger partial charge on any atom is 0.0524 e. The molecule has 0 aromatic carbocycles. The van der Waals surface area contributed by atoms with Crippen molar-refractivity contribution < 1.29 is 5.11 Å². The summed E-state index contributed by atoms with van der Waals surface area (Å²) in [7, 11) is 2.17. The van der Waals surface area contributed by atoms with Crippen LogP contribution in [0.2, 0.25) is 0 Å². The first kappa shape index (κ1) is 17.9. The van der Waals surface area contributed by atoms with Crippen molar-refractivity contribution in [2.24, 2.45) is 5.41 Å². The summed E-state index contributed by atoms with van der Waals surface area (Å²) in [6.07, 6.45) is 4.28. The Labute approximate surface area is 114 Å². The van der Waals surface area contributed by atoms with Crippen molar-refractivity contribution in [2.45, 2.75) is 59.5 Å². The number of hydrogen-bond donors (Lipinski definition) is 2. The molecule has 110 valence electrons. The number of rotatable bonds is 11. The molecule has 0 amide bonds. The van der Waals surface area contributed by atoms with Gasteiger partial charge in [-0.15, -0.1) is 0 Å². The highest BCUT2D eigenvalue weighted by Gasteiger charge is 2.27. The summed E-state index contributed by atoms with van der Waals surface area (Å²) in [6, 6.07) is 0. The number of nitrogens with one attached hydrogen (secondary N) is 1. The van der Waals surface area contributed by atoms with Gasteiger partial charge in [0, 0.05) is 19.6 Å². The third-order valence-corrected chi connectivity index (χ3v) is 3.96. The molecule has 0 saturated heterocycles. The molecule has 0 radical (unpaired) electrons. The van der Waals surface area contributed by atoms with Gasteiger partial charge < -0.3 is 15.3 Å². The summed E-state index contributed by atoms with van der Waals surface area (Å²) < 4.78 is 0. The third-order valence-electron chi connectivity index (χ3n) is 3.96. The lowest BCUT2D eigenvalue weighted by Gasteiger charge is -2.36. The molecule has 18 heavy (non-hydrogen) atoms. The predicted molar refractivity (Wildman–Crippen MR) is 80.0 cm³/mol. The van der Waals surface area contributed by atoms with Gasteiger partial charge in [-0.25, -0.2) is 0 Å². The van der Waals surface area contributed by atoms with Crippen molar-refractivity contribution >= 4 is 0 Å². The molecule has 0 aromatic rings. The number of hydrogen-bond acceptors (Lipinski definition) is 3. The lowest BCUT2D eigenvalue weighted by molar-refractivity contribution is 0.126. The Balaban J connectivity index is 4.21. The zero-order chi connectivity index (χ0) is 14.0. The number of aliphatic hydroxyl groups is 1. The van der Waals surface area contributed by atoms with Crippen LogP contribution in [-0.4, -0.2) is 49.3 Å². The van der Waals surface area contributed by atoms with E-state index in [-0.39, 0.29) is 6.10 Å². The van der Waals surface area contributed by atoms with Gasteiger partial charge in [-0.2, -0.15) is 0 Å². The molecule has 3 heteroatoms. The van der Waals surface area contributed by atoms with Crippen LogP contribution in [0, 0.1) is 5.41 Å². The predicted octanol–water partition coefficient (Wildman–Crippen LogP) is 2.50. The molecule has 2 N–H and O–H groups in total. The topological polar surface area (TPSA) is 35.5 Å². The normalized spacial score (nSPS) is 14.2. The molecule has 3 nitrogen and oxygen atoms in total. The van der Waals surface area contributed by atoms with Gasteiger partial charge >= 0.3 is 0 Å². The maximum atomic E-state index is 9.35. The largest absolute Gasteiger partial charge is 0.393 e. The van der Waals surface area contributed by atoms with Crippen molar-refractivity contribution in [3.8, 4) is 0 Å². The second kappa shape index (κ2) is 9.76. The van der Waals surface area contributed by atoms with Crippen molar-refractivity contribution in [2.75, 3.05) is 33.2 Å². The van der Waals surface area contributed by atoms with Gasteiger partial charge in [0.15, 0.2) is 0 Å². The van der Waals surface area contributed by atoms with Gasteiger partial charge in [-0.3, -0.25) is 0 Å². The molecule has 0 heterocycles. The summed E-state index contributed by atoms with van der Waals surface area (Å²) in [5, 5.41) is 12.9. The first-order chi connectivity index (χ1) is 8.49. The second-order valence-electron chi connectivity index (χ2n) is 5.76. The van der Waals surface area contributed by atoms with E-state index in [9.17, 15) is 5.11 Å². The Morgan fingerprint density at radius 3 is 2.28 bits per heavy atom. The van der Waals surface area contributed by atoms with Gasteiger partial charge in [0.05, 0.1) is 6.10 Å². The Morgan fingerprint density at radius 1 is 1.22 bits per heavy atom. The van der Waals surface area contributed by atoms with E-state index in [1.54, 1.807) is 0 Å². The Morgan fingerprint density at radius 2 is 1.83 bits per heavy atom. The van der Waals surface area contributed by atoms with Crippen LogP contribution < -0.4 is 5.32 Å². The molecule has 0 aromatic heterocycles. The maximum absolute atomic E-state index is 9.35. The minimum absolute atomic E-state index is 0.191. The fraction of sp³-hybridized carbons (Fsp3) is 1.00. The van der Waals surface area contributed by atoms with E-state index in [2.05, 4.69) is 38.0 Å². The molecule has 1 atom stereocenters. The van der Waals surface area contributed by atoms with E-state index in [0.717, 1.165) is 32.6 Å². The highest BCUT2D eigenvalue weighted by atomic mass is 16.3. The molecule has 1 unspecified atom stereocenters. The van der Waals surface area contributed by atoms with Crippen LogP contribution in [0.15, 0.2) is 0 Å². The summed E-state index contributed by atoms with van der Waals surface area (Å²) in [6.45, 7) is 13.0. The minimum Gasteiger partial charge on any atom is -0.393 e. The van der Waals surface area contributed by atoms with Crippen molar-refractivity contribution in [1.82, 2.24) is 10.2 Å². The van der Waals surface area contributed by atoms with E-state index in [1.165, 1.54) is 19.3 Å². The molecular weight excluding hydrogens is 224 g/mol. The van der Waals surface area contributed by atoms with E-state index in [1.807, 2.05) is 6.92 Å². The van der Waals surface area contributed by atoms with Crippen LogP contribution in [-0.2, 0) is 0 Å². The van der Waals surface area contributed by atoms with E-state index >= 15 is 0 Å². The molecule has 0 rings (SSSR count). The molecular formula is C15H34N2O. The molecule has 0 saturated carbocycles. The molecule has 0 aliphatic heterocycles. The van der Waals surface area contributed by atoms with Gasteiger partial charge in [-0.1, -0.05) is 20.8 Å². The van der Waals surface area contributed by atoms with Crippen LogP contribution in [0.1, 0.15) is 53.4 Å². The minimum atomic E-state index is -0.191. The van der Waals surface area contributed by atoms with Gasteiger partial charge in [0.1, 0.15) is 0 Å². The molecule has 0 aliphatic rings. The molecule has 0 spiro atoms. The molecule has 0 fully saturated rings. The Bertz CT molecular complexity index is 191. The SMILES string of the molecule is CCCNCC(CC)(CC)CN(C)CCC(C)O. The van der Waals surface area contributed by atoms with Crippen molar-refractivity contribution in [3.63, 3.8) is 0 Å². The first-order valence-corrected chi connectivity index (χ1v) is 7.57. The quantitative estimate of drug-likeness (QED) is 0.559. The molecule has 0 aliphatic carbocycles. The van der Waals surface area contributed by atoms with E-state index < -0.39 is 0 Å². The van der Waals surface area contributed by atoms with E-state index in [4.69, 9.17) is 0 Å². The first-order valence-electron chi connectivity index (χ1n) is 7.57. The summed E-state index contributed by atoms with van der Waals surface area (Å²) in [5.41, 5.74) is 0.378. The fourth-order valence-corrected chi connectivity index (χ4v) is 2.37. The summed E-state index contributed by atoms with van der Waals surface area (Å²) >= 11 is 0. The van der Waals surface area contributed by atoms with Crippen molar-refractivity contribution in [1.29, 1.82) is 0 Å². The van der Waals surface area contributed by atoms with Gasteiger partial charge in [0.2, 0.25) is 0 Å². The van der Waals surface area contributed by atoms with Crippen LogP contribution in [0.3, 0.4) is 0 Å². The zero-order valence-electron chi connectivity index (χ0n) is 13.1. The van der Waals surface area contributed by atoms with Crippen LogP contribution >= 0.6 is 0 Å². The number of nitrogens with zero attached hydrogens (tertiary/aromatic N) is 1. The lowest BCUT2D eigenvalue weighted by Crippen LogP contribution is -2.43. The highest BCUT2D eigenvalue weighted by Crippen LogP contribution is 2.26. The summed E-state index contributed by atoms with van der Waals surface area (Å²) in [5.74, 6) is 0. The van der Waals surface area contributed by atoms with Crippen molar-refractivity contribution in [3.05, 3.63) is 0 Å². The third kappa shape index (κ3) is 7.34. The van der Waals surface area contributed by atoms with Crippen LogP contribution in [0.25, 0.3) is 0 Å². The van der Waals surface area contributed by atoms with E-state index in [0.29, 0.717) is 5.41 Å². The zero-order valence-corrected chi connectivity index (χ0v) is 13.1. The monoisotopic (exact) mass is 258 g/mol. The average Bonchev–Trinajstić information content (AvgIpc) is 2.35. The Kier molecular flexibility index (Phi) is 9.70. The Hall–Kier alpha value is -0.120. The fourth-order valence-electron chi connectivity index (χ4n) is 2.37. The standard InChI is InChI=1S/C15H34N2O/c1-6-10-16-12-15(7-2,8-3)13-17(5)11-9-14(4)18/h14,16,18H,6-13H2,1-5H3. The smallest absolute Gasteiger partial charge is 0.0524 e. The lowest BCUT2D eigenvalue weighted by atomic mass is 9.81. The number of aliphatic hydroxyl groups excluding tert-OH is 1. The van der Waals surface area contributed by atoms with Crippen LogP contribution in [0.5, 0.6) is 0 Å². The van der Waals surface area contributed by atoms with Gasteiger partial charge in [-0.05, 0) is 51.6 Å².